The smallest absolute Gasteiger partial charge is 0.266 e. The second-order valence-corrected chi connectivity index (χ2v) is 22.5. The number of aromatic nitrogens is 3. The van der Waals surface area contributed by atoms with Gasteiger partial charge in [-0.2, -0.15) is 0 Å². The average molecular weight is 882 g/mol. The summed E-state index contributed by atoms with van der Waals surface area (Å²) in [6.45, 7) is 7.65. The minimum Gasteiger partial charge on any atom is -0.497 e. The van der Waals surface area contributed by atoms with Gasteiger partial charge in [0.2, 0.25) is 0 Å². The number of nitrogens with zero attached hydrogens (tertiary/aromatic N) is 5. The Kier molecular flexibility index (Phi) is 11.0. The monoisotopic (exact) mass is 881 g/mol. The predicted octanol–water partition coefficient (Wildman–Crippen LogP) is 9.35. The Morgan fingerprint density at radius 2 is 1.52 bits per heavy atom. The normalized spacial score (nSPS) is 20.5. The van der Waals surface area contributed by atoms with Crippen LogP contribution in [-0.2, 0) is 28.2 Å². The number of carbonyl (C=O) groups is 2. The number of aryl methyl sites for hydroxylation is 1. The summed E-state index contributed by atoms with van der Waals surface area (Å²) in [6, 6.07) is 48.9. The molecule has 7 aromatic rings. The first-order valence-electron chi connectivity index (χ1n) is 22.2. The number of fused-ring (bicyclic) bond motifs is 4. The van der Waals surface area contributed by atoms with Crippen molar-refractivity contribution in [3.05, 3.63) is 186 Å². The van der Waals surface area contributed by atoms with Crippen molar-refractivity contribution in [2.45, 2.75) is 62.7 Å². The molecule has 0 bridgehead atoms. The van der Waals surface area contributed by atoms with Gasteiger partial charge in [-0.15, -0.1) is 5.10 Å². The first kappa shape index (κ1) is 42.1. The molecule has 1 spiro atoms. The van der Waals surface area contributed by atoms with Crippen molar-refractivity contribution in [3.8, 4) is 17.2 Å². The highest BCUT2D eigenvalue weighted by atomic mass is 28.3. The van der Waals surface area contributed by atoms with Crippen LogP contribution in [-0.4, -0.2) is 59.8 Å². The second-order valence-electron chi connectivity index (χ2n) is 17.8. The van der Waals surface area contributed by atoms with Crippen LogP contribution in [0.4, 0.5) is 17.1 Å². The molecular weight excluding hydrogens is 831 g/mol. The number of methoxy groups -OCH3 is 1. The van der Waals surface area contributed by atoms with E-state index in [1.807, 2.05) is 149 Å². The number of benzene rings is 6. The van der Waals surface area contributed by atoms with E-state index < -0.39 is 13.7 Å². The fourth-order valence-electron chi connectivity index (χ4n) is 10.6. The molecule has 2 amide bonds. The fourth-order valence-corrected chi connectivity index (χ4v) is 14.7. The number of ether oxygens (including phenoxy) is 3. The summed E-state index contributed by atoms with van der Waals surface area (Å²) < 4.78 is 21.1. The number of amides is 2. The molecular formula is C53H51N5O6Si. The lowest BCUT2D eigenvalue weighted by Crippen LogP contribution is -2.51. The highest BCUT2D eigenvalue weighted by Gasteiger charge is 2.66. The topological polar surface area (TPSA) is 119 Å². The zero-order valence-corrected chi connectivity index (χ0v) is 37.9. The molecule has 4 heterocycles. The third-order valence-corrected chi connectivity index (χ3v) is 18.2. The first-order chi connectivity index (χ1) is 31.6. The van der Waals surface area contributed by atoms with Gasteiger partial charge in [-0.1, -0.05) is 127 Å². The Morgan fingerprint density at radius 3 is 2.29 bits per heavy atom. The number of hydrogen-bond donors (Lipinski definition) is 1. The number of aliphatic hydroxyl groups is 1. The molecule has 65 heavy (non-hydrogen) atoms. The number of aliphatic hydroxyl groups excluding tert-OH is 1. The summed E-state index contributed by atoms with van der Waals surface area (Å²) >= 11 is 0. The minimum absolute atomic E-state index is 0.0212. The third kappa shape index (κ3) is 7.22. The Hall–Kier alpha value is -6.86. The zero-order chi connectivity index (χ0) is 44.9. The van der Waals surface area contributed by atoms with E-state index in [4.69, 9.17) is 14.2 Å². The summed E-state index contributed by atoms with van der Waals surface area (Å²) in [5, 5.41) is 20.7. The van der Waals surface area contributed by atoms with Crippen molar-refractivity contribution in [1.29, 1.82) is 0 Å². The Balaban J connectivity index is 0.988. The molecule has 10 rings (SSSR count). The molecule has 3 aliphatic heterocycles. The molecule has 6 aromatic carbocycles. The van der Waals surface area contributed by atoms with Crippen molar-refractivity contribution in [2.24, 2.45) is 5.92 Å². The van der Waals surface area contributed by atoms with E-state index in [0.29, 0.717) is 47.1 Å². The van der Waals surface area contributed by atoms with Gasteiger partial charge >= 0.3 is 0 Å². The first-order valence-corrected chi connectivity index (χ1v) is 25.3. The van der Waals surface area contributed by atoms with Gasteiger partial charge in [0.05, 0.1) is 63.0 Å². The predicted molar refractivity (Wildman–Crippen MR) is 253 cm³/mol. The van der Waals surface area contributed by atoms with E-state index in [1.165, 1.54) is 5.19 Å². The van der Waals surface area contributed by atoms with E-state index in [-0.39, 0.29) is 48.4 Å². The lowest BCUT2D eigenvalue weighted by molar-refractivity contribution is -0.146. The number of hydrogen-bond acceptors (Lipinski definition) is 8. The molecule has 1 aromatic heterocycles. The van der Waals surface area contributed by atoms with Gasteiger partial charge in [-0.3, -0.25) is 19.2 Å². The SMILES string of the molecule is COc1ccc([Si](C)(C)[C@@H]2[C@@H](CCn3cc(C(CO)c4ccccc4)nn3)O[C@]3(C(=O)N(Cc4cccc(N5C(=O)c6ccccc6Oc6ccccc65)c4)c4ccccc43)[C@H]2C)cc1. The van der Waals surface area contributed by atoms with Crippen LogP contribution in [0.1, 0.15) is 52.0 Å². The molecule has 1 N–H and O–H groups in total. The van der Waals surface area contributed by atoms with Crippen molar-refractivity contribution in [3.63, 3.8) is 0 Å². The van der Waals surface area contributed by atoms with E-state index in [9.17, 15) is 9.90 Å². The van der Waals surface area contributed by atoms with Gasteiger partial charge in [0.1, 0.15) is 11.5 Å². The Morgan fingerprint density at radius 1 is 0.815 bits per heavy atom. The number of carbonyl (C=O) groups excluding carboxylic acids is 2. The number of para-hydroxylation sites is 4. The minimum atomic E-state index is -2.42. The molecule has 0 aliphatic carbocycles. The van der Waals surface area contributed by atoms with Gasteiger partial charge in [-0.25, -0.2) is 0 Å². The van der Waals surface area contributed by atoms with E-state index >= 15 is 4.79 Å². The Labute approximate surface area is 379 Å². The van der Waals surface area contributed by atoms with Crippen molar-refractivity contribution in [1.82, 2.24) is 15.0 Å². The lowest BCUT2D eigenvalue weighted by atomic mass is 9.82. The van der Waals surface area contributed by atoms with Gasteiger partial charge in [0, 0.05) is 29.9 Å². The maximum Gasteiger partial charge on any atom is 0.266 e. The summed E-state index contributed by atoms with van der Waals surface area (Å²) in [6.07, 6.45) is 2.21. The molecule has 1 unspecified atom stereocenters. The van der Waals surface area contributed by atoms with Crippen LogP contribution in [0.3, 0.4) is 0 Å². The van der Waals surface area contributed by atoms with Crippen LogP contribution in [0, 0.1) is 5.92 Å². The van der Waals surface area contributed by atoms with Gasteiger partial charge in [0.25, 0.3) is 11.8 Å². The largest absolute Gasteiger partial charge is 0.497 e. The van der Waals surface area contributed by atoms with E-state index in [0.717, 1.165) is 28.1 Å². The maximum atomic E-state index is 15.6. The molecule has 0 saturated carbocycles. The molecule has 328 valence electrons. The van der Waals surface area contributed by atoms with Crippen molar-refractivity contribution >= 4 is 42.1 Å². The van der Waals surface area contributed by atoms with Gasteiger partial charge < -0.3 is 24.2 Å². The van der Waals surface area contributed by atoms with Crippen LogP contribution >= 0.6 is 0 Å². The standard InChI is InChI=1S/C53H51N5O6Si/c1-35-50(65(3,4)40-27-25-39(62-2)26-28-40)49(29-30-56-33-44(54-55-56)42(34-59)37-16-6-5-7-17-37)64-53(35)43-20-9-10-21-45(43)57(52(53)61)32-36-15-14-18-38(31-36)58-46-22-11-13-24-48(46)63-47-23-12-8-19-41(47)51(58)60/h5-28,31,33,35,42,49-50,59H,29-30,32,34H2,1-4H3/t35-,42?,49+,50-,53+/m0/s1. The quantitative estimate of drug-likeness (QED) is 0.121. The Bertz CT molecular complexity index is 2890. The second kappa shape index (κ2) is 16.9. The summed E-state index contributed by atoms with van der Waals surface area (Å²) in [5.41, 5.74) is 4.74. The molecule has 12 heteroatoms. The molecule has 1 fully saturated rings. The third-order valence-electron chi connectivity index (χ3n) is 13.8. The molecule has 5 atom stereocenters. The number of rotatable bonds is 12. The number of anilines is 3. The summed E-state index contributed by atoms with van der Waals surface area (Å²) in [4.78, 5) is 33.5. The summed E-state index contributed by atoms with van der Waals surface area (Å²) in [5.74, 6) is 1.07. The van der Waals surface area contributed by atoms with Crippen molar-refractivity contribution < 1.29 is 28.9 Å². The summed E-state index contributed by atoms with van der Waals surface area (Å²) in [7, 11) is -0.743. The molecule has 3 aliphatic rings. The van der Waals surface area contributed by atoms with Crippen LogP contribution in [0.2, 0.25) is 18.6 Å². The fraction of sp³-hybridized carbons (Fsp3) is 0.245. The average Bonchev–Trinajstić information content (AvgIpc) is 3.97. The van der Waals surface area contributed by atoms with Crippen LogP contribution in [0.15, 0.2) is 158 Å². The zero-order valence-electron chi connectivity index (χ0n) is 36.9. The van der Waals surface area contributed by atoms with Crippen LogP contribution in [0.25, 0.3) is 0 Å². The van der Waals surface area contributed by atoms with Gasteiger partial charge in [0.15, 0.2) is 11.4 Å². The highest BCUT2D eigenvalue weighted by Crippen LogP contribution is 2.60. The molecule has 0 radical (unpaired) electrons. The lowest BCUT2D eigenvalue weighted by Gasteiger charge is -2.37. The van der Waals surface area contributed by atoms with Crippen LogP contribution in [0.5, 0.6) is 17.2 Å². The van der Waals surface area contributed by atoms with Gasteiger partial charge in [-0.05, 0) is 77.7 Å². The highest BCUT2D eigenvalue weighted by molar-refractivity contribution is 6.91. The molecule has 1 saturated heterocycles. The maximum absolute atomic E-state index is 15.6. The van der Waals surface area contributed by atoms with Crippen LogP contribution < -0.4 is 24.5 Å². The van der Waals surface area contributed by atoms with E-state index in [2.05, 4.69) is 42.5 Å². The molecule has 11 nitrogen and oxygen atoms in total. The van der Waals surface area contributed by atoms with E-state index in [1.54, 1.807) is 18.1 Å². The van der Waals surface area contributed by atoms with Crippen molar-refractivity contribution in [2.75, 3.05) is 23.5 Å².